The summed E-state index contributed by atoms with van der Waals surface area (Å²) in [5.74, 6) is 0. The molecule has 4 aromatic rings. The van der Waals surface area contributed by atoms with Crippen molar-refractivity contribution in [2.75, 3.05) is 0 Å². The van der Waals surface area contributed by atoms with Gasteiger partial charge < -0.3 is 37.2 Å². The molecule has 0 amide bonds. The van der Waals surface area contributed by atoms with Crippen molar-refractivity contribution in [3.8, 4) is 0 Å². The van der Waals surface area contributed by atoms with E-state index >= 15 is 0 Å². The summed E-state index contributed by atoms with van der Waals surface area (Å²) in [6.45, 7) is 6.68. The Kier molecular flexibility index (Phi) is 11.9. The molecule has 0 nitrogen and oxygen atoms in total. The smallest absolute Gasteiger partial charge is 1.00 e. The van der Waals surface area contributed by atoms with E-state index in [2.05, 4.69) is 150 Å². The number of rotatable bonds is 6. The van der Waals surface area contributed by atoms with Crippen LogP contribution in [-0.4, -0.2) is 8.07 Å². The van der Waals surface area contributed by atoms with Crippen LogP contribution in [0, 0.1) is 20.8 Å². The summed E-state index contributed by atoms with van der Waals surface area (Å²) in [6.07, 6.45) is 4.52. The molecule has 1 aliphatic rings. The summed E-state index contributed by atoms with van der Waals surface area (Å²) in [5, 5.41) is 6.08. The first-order chi connectivity index (χ1) is 17.0. The Bertz CT molecular complexity index is 1330. The van der Waals surface area contributed by atoms with Gasteiger partial charge in [-0.2, -0.15) is 0 Å². The van der Waals surface area contributed by atoms with E-state index in [1.807, 2.05) is 0 Å². The topological polar surface area (TPSA) is 0 Å². The second-order valence-corrected chi connectivity index (χ2v) is 14.4. The van der Waals surface area contributed by atoms with Crippen molar-refractivity contribution in [3.63, 3.8) is 0 Å². The van der Waals surface area contributed by atoms with Crippen LogP contribution >= 0.6 is 0 Å². The van der Waals surface area contributed by atoms with Crippen LogP contribution in [0.15, 0.2) is 124 Å². The second kappa shape index (κ2) is 14.0. The summed E-state index contributed by atoms with van der Waals surface area (Å²) in [7, 11) is -2.48. The van der Waals surface area contributed by atoms with Gasteiger partial charge in [0.25, 0.3) is 0 Å². The van der Waals surface area contributed by atoms with Crippen LogP contribution in [0.4, 0.5) is 0 Å². The van der Waals surface area contributed by atoms with Crippen molar-refractivity contribution < 1.29 is 57.7 Å². The first-order valence-corrected chi connectivity index (χ1v) is 15.2. The van der Waals surface area contributed by atoms with Crippen LogP contribution in [0.25, 0.3) is 0 Å². The zero-order valence-corrected chi connectivity index (χ0v) is 26.8. The van der Waals surface area contributed by atoms with Gasteiger partial charge in [0.2, 0.25) is 0 Å². The Hall–Kier alpha value is -1.84. The third kappa shape index (κ3) is 6.31. The van der Waals surface area contributed by atoms with Crippen LogP contribution in [0.1, 0.15) is 28.7 Å². The maximum Gasteiger partial charge on any atom is -1.00 e. The molecule has 0 atom stereocenters. The molecular weight excluding hydrogens is 579 g/mol. The molecule has 5 heteroatoms. The molecule has 5 rings (SSSR count). The first kappa shape index (κ1) is 32.4. The largest absolute Gasteiger partial charge is 1.00 e. The quantitative estimate of drug-likeness (QED) is 0.162. The summed E-state index contributed by atoms with van der Waals surface area (Å²) in [6, 6.07) is 38.8. The standard InChI is InChI=1S/C33H31Si.3ClH.Ti/c1-25-10-7-15-30(20-25)34(31-16-8-11-26(2)21-31,32-17-9-12-27(3)22-32)33-19-18-29(24-33)23-28-13-5-4-6-14-28;;;;/h4-18,20-22H,19,23H2,1-3H3;3*1H;/q;;;;+3/p-3. The molecule has 4 aromatic carbocycles. The molecule has 0 N–H and O–H groups in total. The van der Waals surface area contributed by atoms with Crippen LogP contribution in [0.2, 0.25) is 0 Å². The maximum atomic E-state index is 2.50. The van der Waals surface area contributed by atoms with E-state index in [1.165, 1.54) is 47.3 Å². The molecular formula is C33H31Cl3SiTi. The van der Waals surface area contributed by atoms with Crippen molar-refractivity contribution in [1.29, 1.82) is 0 Å². The fourth-order valence-electron chi connectivity index (χ4n) is 5.60. The molecule has 0 bridgehead atoms. The Morgan fingerprint density at radius 3 is 1.47 bits per heavy atom. The SMILES string of the molecule is Cc1cccc([Si](C2=[C]([Ti+3])C(Cc3ccccc3)=CC2)(c2cccc(C)c2)c2cccc(C)c2)c1.[Cl-].[Cl-].[Cl-]. The van der Waals surface area contributed by atoms with E-state index < -0.39 is 8.07 Å². The molecule has 0 aromatic heterocycles. The van der Waals surface area contributed by atoms with Gasteiger partial charge >= 0.3 is 224 Å². The zero-order chi connectivity index (χ0) is 24.4. The Labute approximate surface area is 259 Å². The van der Waals surface area contributed by atoms with Gasteiger partial charge in [0.1, 0.15) is 0 Å². The number of aryl methyl sites for hydroxylation is 3. The first-order valence-electron chi connectivity index (χ1n) is 12.4. The van der Waals surface area contributed by atoms with Crippen LogP contribution in [0.3, 0.4) is 0 Å². The monoisotopic (exact) mass is 608 g/mol. The summed E-state index contributed by atoms with van der Waals surface area (Å²) in [4.78, 5) is 0. The van der Waals surface area contributed by atoms with Gasteiger partial charge in [-0.15, -0.1) is 0 Å². The molecule has 0 saturated carbocycles. The molecule has 38 heavy (non-hydrogen) atoms. The number of halogens is 3. The minimum Gasteiger partial charge on any atom is -1.00 e. The summed E-state index contributed by atoms with van der Waals surface area (Å²) in [5.41, 5.74) is 6.85. The van der Waals surface area contributed by atoms with E-state index in [4.69, 9.17) is 0 Å². The predicted octanol–water partition coefficient (Wildman–Crippen LogP) is -2.99. The molecule has 0 aliphatic heterocycles. The van der Waals surface area contributed by atoms with E-state index in [9.17, 15) is 0 Å². The molecule has 1 aliphatic carbocycles. The minimum atomic E-state index is -2.48. The van der Waals surface area contributed by atoms with E-state index in [0.29, 0.717) is 0 Å². The molecule has 0 saturated heterocycles. The third-order valence-electron chi connectivity index (χ3n) is 7.22. The van der Waals surface area contributed by atoms with Crippen LogP contribution in [0.5, 0.6) is 0 Å². The zero-order valence-electron chi connectivity index (χ0n) is 21.9. The molecule has 0 unspecified atom stereocenters. The van der Waals surface area contributed by atoms with E-state index in [1.54, 1.807) is 5.20 Å². The minimum absolute atomic E-state index is 0. The van der Waals surface area contributed by atoms with Gasteiger partial charge in [-0.3, -0.25) is 0 Å². The van der Waals surface area contributed by atoms with E-state index in [0.717, 1.165) is 12.8 Å². The van der Waals surface area contributed by atoms with Gasteiger partial charge in [-0.05, 0) is 0 Å². The second-order valence-electron chi connectivity index (χ2n) is 9.81. The van der Waals surface area contributed by atoms with E-state index in [-0.39, 0.29) is 37.2 Å². The average Bonchev–Trinajstić information content (AvgIpc) is 3.21. The summed E-state index contributed by atoms with van der Waals surface area (Å²) >= 11 is 2.38. The van der Waals surface area contributed by atoms with Crippen molar-refractivity contribution in [1.82, 2.24) is 0 Å². The van der Waals surface area contributed by atoms with Gasteiger partial charge in [0, 0.05) is 0 Å². The Morgan fingerprint density at radius 1 is 0.605 bits per heavy atom. The normalized spacial score (nSPS) is 12.7. The van der Waals surface area contributed by atoms with Crippen molar-refractivity contribution >= 4 is 23.6 Å². The fraction of sp³-hybridized carbons (Fsp3) is 0.152. The molecule has 0 radical (unpaired) electrons. The van der Waals surface area contributed by atoms with Crippen LogP contribution < -0.4 is 52.8 Å². The van der Waals surface area contributed by atoms with Crippen molar-refractivity contribution in [2.45, 2.75) is 33.6 Å². The van der Waals surface area contributed by atoms with Gasteiger partial charge in [0.05, 0.1) is 0 Å². The number of allylic oxidation sites excluding steroid dienone is 4. The predicted molar refractivity (Wildman–Crippen MR) is 148 cm³/mol. The number of hydrogen-bond donors (Lipinski definition) is 0. The molecule has 0 fully saturated rings. The number of hydrogen-bond acceptors (Lipinski definition) is 0. The molecule has 0 spiro atoms. The summed E-state index contributed by atoms with van der Waals surface area (Å²) < 4.78 is 1.49. The third-order valence-corrected chi connectivity index (χ3v) is 13.5. The Balaban J connectivity index is 0.00000169. The Morgan fingerprint density at radius 2 is 1.05 bits per heavy atom. The van der Waals surface area contributed by atoms with Crippen molar-refractivity contribution in [2.24, 2.45) is 0 Å². The van der Waals surface area contributed by atoms with Gasteiger partial charge in [-0.25, -0.2) is 0 Å². The molecule has 0 heterocycles. The van der Waals surface area contributed by atoms with Gasteiger partial charge in [0.15, 0.2) is 0 Å². The maximum absolute atomic E-state index is 2.50. The van der Waals surface area contributed by atoms with Crippen molar-refractivity contribution in [3.05, 3.63) is 146 Å². The van der Waals surface area contributed by atoms with Gasteiger partial charge in [-0.1, -0.05) is 0 Å². The fourth-order valence-corrected chi connectivity index (χ4v) is 12.3. The average molecular weight is 610 g/mol. The number of benzene rings is 4. The molecule has 192 valence electrons. The van der Waals surface area contributed by atoms with Crippen LogP contribution in [-0.2, 0) is 26.9 Å².